The first-order valence-electron chi connectivity index (χ1n) is 5.32. The molecule has 0 aliphatic heterocycles. The lowest BCUT2D eigenvalue weighted by Gasteiger charge is -2.06. The molecule has 0 radical (unpaired) electrons. The minimum atomic E-state index is -0.218. The molecule has 4 nitrogen and oxygen atoms in total. The van der Waals surface area contributed by atoms with E-state index in [1.165, 1.54) is 12.4 Å². The quantitative estimate of drug-likeness (QED) is 0.599. The van der Waals surface area contributed by atoms with Gasteiger partial charge in [0.1, 0.15) is 0 Å². The lowest BCUT2D eigenvalue weighted by molar-refractivity contribution is 0.0918. The summed E-state index contributed by atoms with van der Waals surface area (Å²) in [5.41, 5.74) is 0.424. The first kappa shape index (κ1) is 13.7. The molecule has 92 valence electrons. The van der Waals surface area contributed by atoms with Crippen LogP contribution in [0.5, 0.6) is 0 Å². The minimum Gasteiger partial charge on any atom is -0.379 e. The molecule has 1 heterocycles. The van der Waals surface area contributed by atoms with Gasteiger partial charge in [0.15, 0.2) is 0 Å². The van der Waals surface area contributed by atoms with Crippen molar-refractivity contribution < 1.29 is 9.53 Å². The van der Waals surface area contributed by atoms with Gasteiger partial charge in [-0.05, 0) is 12.5 Å². The summed E-state index contributed by atoms with van der Waals surface area (Å²) in [6.45, 7) is 5.13. The number of amides is 1. The Bertz CT molecular complexity index is 383. The highest BCUT2D eigenvalue weighted by Gasteiger charge is 2.08. The van der Waals surface area contributed by atoms with Crippen molar-refractivity contribution >= 4 is 17.5 Å². The molecule has 0 aromatic carbocycles. The molecule has 1 aromatic rings. The molecule has 0 spiro atoms. The Balaban J connectivity index is 2.26. The van der Waals surface area contributed by atoms with Gasteiger partial charge in [0.25, 0.3) is 5.91 Å². The molecule has 0 saturated heterocycles. The molecular formula is C12H15ClN2O2. The van der Waals surface area contributed by atoms with Crippen molar-refractivity contribution in [3.8, 4) is 0 Å². The van der Waals surface area contributed by atoms with E-state index in [-0.39, 0.29) is 5.91 Å². The van der Waals surface area contributed by atoms with E-state index >= 15 is 0 Å². The minimum absolute atomic E-state index is 0.218. The fraction of sp³-hybridized carbons (Fsp3) is 0.333. The van der Waals surface area contributed by atoms with Crippen molar-refractivity contribution in [3.63, 3.8) is 0 Å². The van der Waals surface area contributed by atoms with E-state index in [1.54, 1.807) is 12.1 Å². The summed E-state index contributed by atoms with van der Waals surface area (Å²) in [5, 5.41) is 3.06. The molecule has 1 aromatic heterocycles. The van der Waals surface area contributed by atoms with E-state index in [0.29, 0.717) is 30.3 Å². The van der Waals surface area contributed by atoms with E-state index in [2.05, 4.69) is 16.9 Å². The Hall–Kier alpha value is -1.39. The number of ether oxygens (including phenoxy) is 1. The number of pyridine rings is 1. The van der Waals surface area contributed by atoms with Gasteiger partial charge in [-0.2, -0.15) is 0 Å². The SMILES string of the molecule is C=CCCOCCNC(=O)c1ccncc1Cl. The van der Waals surface area contributed by atoms with Crippen LogP contribution < -0.4 is 5.32 Å². The maximum atomic E-state index is 11.7. The first-order chi connectivity index (χ1) is 8.25. The number of rotatable bonds is 7. The first-order valence-corrected chi connectivity index (χ1v) is 5.70. The average molecular weight is 255 g/mol. The number of hydrogen-bond acceptors (Lipinski definition) is 3. The van der Waals surface area contributed by atoms with Crippen molar-refractivity contribution in [3.05, 3.63) is 41.7 Å². The zero-order chi connectivity index (χ0) is 12.5. The number of nitrogens with one attached hydrogen (secondary N) is 1. The molecule has 0 bridgehead atoms. The molecule has 1 amide bonds. The van der Waals surface area contributed by atoms with Crippen LogP contribution in [0.2, 0.25) is 5.02 Å². The summed E-state index contributed by atoms with van der Waals surface area (Å²) in [5.74, 6) is -0.218. The summed E-state index contributed by atoms with van der Waals surface area (Å²) in [6.07, 6.45) is 5.57. The third-order valence-electron chi connectivity index (χ3n) is 2.02. The van der Waals surface area contributed by atoms with Gasteiger partial charge in [0.2, 0.25) is 0 Å². The largest absolute Gasteiger partial charge is 0.379 e. The second-order valence-electron chi connectivity index (χ2n) is 3.30. The van der Waals surface area contributed by atoms with Crippen LogP contribution >= 0.6 is 11.6 Å². The van der Waals surface area contributed by atoms with Gasteiger partial charge in [-0.1, -0.05) is 17.7 Å². The summed E-state index contributed by atoms with van der Waals surface area (Å²) in [7, 11) is 0. The summed E-state index contributed by atoms with van der Waals surface area (Å²) in [6, 6.07) is 1.58. The van der Waals surface area contributed by atoms with Crippen LogP contribution in [-0.4, -0.2) is 30.6 Å². The molecule has 0 unspecified atom stereocenters. The number of carbonyl (C=O) groups excluding carboxylic acids is 1. The van der Waals surface area contributed by atoms with Gasteiger partial charge in [-0.3, -0.25) is 9.78 Å². The van der Waals surface area contributed by atoms with Crippen molar-refractivity contribution in [2.45, 2.75) is 6.42 Å². The van der Waals surface area contributed by atoms with E-state index in [9.17, 15) is 4.79 Å². The van der Waals surface area contributed by atoms with Crippen LogP contribution in [0.3, 0.4) is 0 Å². The Kier molecular flexibility index (Phi) is 6.29. The predicted octanol–water partition coefficient (Wildman–Crippen LogP) is 2.06. The third-order valence-corrected chi connectivity index (χ3v) is 2.32. The highest BCUT2D eigenvalue weighted by Crippen LogP contribution is 2.12. The van der Waals surface area contributed by atoms with Crippen LogP contribution in [-0.2, 0) is 4.74 Å². The predicted molar refractivity (Wildman–Crippen MR) is 67.2 cm³/mol. The summed E-state index contributed by atoms with van der Waals surface area (Å²) in [4.78, 5) is 15.5. The van der Waals surface area contributed by atoms with Gasteiger partial charge in [-0.15, -0.1) is 6.58 Å². The molecular weight excluding hydrogens is 240 g/mol. The van der Waals surface area contributed by atoms with Gasteiger partial charge < -0.3 is 10.1 Å². The van der Waals surface area contributed by atoms with Crippen molar-refractivity contribution in [2.75, 3.05) is 19.8 Å². The smallest absolute Gasteiger partial charge is 0.252 e. The number of carbonyl (C=O) groups is 1. The van der Waals surface area contributed by atoms with Crippen molar-refractivity contribution in [1.29, 1.82) is 0 Å². The molecule has 0 saturated carbocycles. The highest BCUT2D eigenvalue weighted by atomic mass is 35.5. The maximum absolute atomic E-state index is 11.7. The number of halogens is 1. The van der Waals surface area contributed by atoms with Crippen LogP contribution in [0, 0.1) is 0 Å². The molecule has 5 heteroatoms. The van der Waals surface area contributed by atoms with Crippen LogP contribution in [0.4, 0.5) is 0 Å². The number of hydrogen-bond donors (Lipinski definition) is 1. The van der Waals surface area contributed by atoms with Crippen LogP contribution in [0.1, 0.15) is 16.8 Å². The standard InChI is InChI=1S/C12H15ClN2O2/c1-2-3-7-17-8-6-15-12(16)10-4-5-14-9-11(10)13/h2,4-5,9H,1,3,6-8H2,(H,15,16). The average Bonchev–Trinajstić information content (AvgIpc) is 2.34. The van der Waals surface area contributed by atoms with Gasteiger partial charge >= 0.3 is 0 Å². The number of aromatic nitrogens is 1. The Morgan fingerprint density at radius 3 is 3.12 bits per heavy atom. The van der Waals surface area contributed by atoms with E-state index in [1.807, 2.05) is 0 Å². The van der Waals surface area contributed by atoms with Gasteiger partial charge in [-0.25, -0.2) is 0 Å². The van der Waals surface area contributed by atoms with Crippen molar-refractivity contribution in [1.82, 2.24) is 10.3 Å². The lowest BCUT2D eigenvalue weighted by atomic mass is 10.2. The van der Waals surface area contributed by atoms with E-state index < -0.39 is 0 Å². The fourth-order valence-electron chi connectivity index (χ4n) is 1.16. The molecule has 17 heavy (non-hydrogen) atoms. The Labute approximate surface area is 106 Å². The second-order valence-corrected chi connectivity index (χ2v) is 3.71. The molecule has 0 aliphatic rings. The van der Waals surface area contributed by atoms with Crippen molar-refractivity contribution in [2.24, 2.45) is 0 Å². The van der Waals surface area contributed by atoms with E-state index in [0.717, 1.165) is 6.42 Å². The molecule has 0 fully saturated rings. The summed E-state index contributed by atoms with van der Waals surface area (Å²) < 4.78 is 5.26. The zero-order valence-corrected chi connectivity index (χ0v) is 10.2. The maximum Gasteiger partial charge on any atom is 0.252 e. The van der Waals surface area contributed by atoms with Gasteiger partial charge in [0.05, 0.1) is 23.8 Å². The molecule has 1 rings (SSSR count). The molecule has 1 N–H and O–H groups in total. The van der Waals surface area contributed by atoms with Gasteiger partial charge in [0, 0.05) is 18.9 Å². The fourth-order valence-corrected chi connectivity index (χ4v) is 1.37. The van der Waals surface area contributed by atoms with Crippen LogP contribution in [0.25, 0.3) is 0 Å². The Morgan fingerprint density at radius 2 is 2.41 bits per heavy atom. The molecule has 0 aliphatic carbocycles. The topological polar surface area (TPSA) is 51.2 Å². The third kappa shape index (κ3) is 4.97. The molecule has 0 atom stereocenters. The monoisotopic (exact) mass is 254 g/mol. The Morgan fingerprint density at radius 1 is 1.59 bits per heavy atom. The lowest BCUT2D eigenvalue weighted by Crippen LogP contribution is -2.27. The second kappa shape index (κ2) is 7.81. The van der Waals surface area contributed by atoms with E-state index in [4.69, 9.17) is 16.3 Å². The highest BCUT2D eigenvalue weighted by molar-refractivity contribution is 6.33. The number of nitrogens with zero attached hydrogens (tertiary/aromatic N) is 1. The zero-order valence-electron chi connectivity index (χ0n) is 9.49. The van der Waals surface area contributed by atoms with Crippen LogP contribution in [0.15, 0.2) is 31.1 Å². The normalized spacial score (nSPS) is 9.94. The summed E-state index contributed by atoms with van der Waals surface area (Å²) >= 11 is 5.83.